The molecule has 1 amide bonds. The Morgan fingerprint density at radius 2 is 1.94 bits per heavy atom. The fraction of sp³-hybridized carbons (Fsp3) is 0.417. The molecule has 1 N–H and O–H groups in total. The third-order valence-electron chi connectivity index (χ3n) is 2.07. The van der Waals surface area contributed by atoms with Crippen LogP contribution < -0.4 is 14.8 Å². The van der Waals surface area contributed by atoms with Gasteiger partial charge in [-0.15, -0.1) is 0 Å². The lowest BCUT2D eigenvalue weighted by Gasteiger charge is -2.12. The third-order valence-corrected chi connectivity index (χ3v) is 2.07. The average molecular weight is 223 g/mol. The minimum absolute atomic E-state index is 0.0966. The molecule has 0 aromatic heterocycles. The Balaban J connectivity index is 2.99. The minimum Gasteiger partial charge on any atom is -0.497 e. The van der Waals surface area contributed by atoms with E-state index in [0.29, 0.717) is 17.1 Å². The van der Waals surface area contributed by atoms with Crippen molar-refractivity contribution >= 4 is 5.91 Å². The van der Waals surface area contributed by atoms with E-state index in [1.165, 1.54) is 7.11 Å². The van der Waals surface area contributed by atoms with Gasteiger partial charge in [-0.25, -0.2) is 0 Å². The van der Waals surface area contributed by atoms with Gasteiger partial charge in [0.25, 0.3) is 5.91 Å². The highest BCUT2D eigenvalue weighted by atomic mass is 16.5. The normalized spacial score (nSPS) is 10.1. The Morgan fingerprint density at radius 1 is 1.25 bits per heavy atom. The standard InChI is InChI=1S/C12H17NO3/c1-8(2)13-12(14)10-6-5-9(15-3)7-11(10)16-4/h5-8H,1-4H3,(H,13,14). The first kappa shape index (κ1) is 12.4. The molecule has 88 valence electrons. The van der Waals surface area contributed by atoms with Gasteiger partial charge in [-0.1, -0.05) is 0 Å². The van der Waals surface area contributed by atoms with Crippen molar-refractivity contribution < 1.29 is 14.3 Å². The SMILES string of the molecule is COc1ccc(C(=O)NC(C)C)c(OC)c1. The predicted octanol–water partition coefficient (Wildman–Crippen LogP) is 1.84. The Morgan fingerprint density at radius 3 is 2.44 bits per heavy atom. The minimum atomic E-state index is -0.144. The number of nitrogens with one attached hydrogen (secondary N) is 1. The zero-order chi connectivity index (χ0) is 12.1. The van der Waals surface area contributed by atoms with Crippen LogP contribution >= 0.6 is 0 Å². The maximum absolute atomic E-state index is 11.8. The first-order valence-electron chi connectivity index (χ1n) is 5.11. The van der Waals surface area contributed by atoms with Crippen molar-refractivity contribution in [1.82, 2.24) is 5.32 Å². The molecule has 1 rings (SSSR count). The van der Waals surface area contributed by atoms with Crippen molar-refractivity contribution in [2.45, 2.75) is 19.9 Å². The number of rotatable bonds is 4. The van der Waals surface area contributed by atoms with Gasteiger partial charge in [0, 0.05) is 12.1 Å². The Hall–Kier alpha value is -1.71. The van der Waals surface area contributed by atoms with Crippen LogP contribution in [0.5, 0.6) is 11.5 Å². The molecule has 0 radical (unpaired) electrons. The monoisotopic (exact) mass is 223 g/mol. The Kier molecular flexibility index (Phi) is 4.17. The second-order valence-electron chi connectivity index (χ2n) is 3.69. The summed E-state index contributed by atoms with van der Waals surface area (Å²) in [6, 6.07) is 5.21. The Labute approximate surface area is 95.6 Å². The van der Waals surface area contributed by atoms with Gasteiger partial charge in [0.15, 0.2) is 0 Å². The molecule has 4 heteroatoms. The van der Waals surface area contributed by atoms with Crippen LogP contribution in [0.25, 0.3) is 0 Å². The van der Waals surface area contributed by atoms with Crippen LogP contribution in [0.15, 0.2) is 18.2 Å². The lowest BCUT2D eigenvalue weighted by molar-refractivity contribution is 0.0940. The van der Waals surface area contributed by atoms with Crippen LogP contribution in [0.1, 0.15) is 24.2 Å². The molecule has 0 aliphatic heterocycles. The number of ether oxygens (including phenoxy) is 2. The number of carbonyl (C=O) groups excluding carboxylic acids is 1. The van der Waals surface area contributed by atoms with Gasteiger partial charge < -0.3 is 14.8 Å². The molecule has 4 nitrogen and oxygen atoms in total. The molecule has 0 atom stereocenters. The molecule has 1 aromatic rings. The molecule has 16 heavy (non-hydrogen) atoms. The second-order valence-corrected chi connectivity index (χ2v) is 3.69. The number of carbonyl (C=O) groups is 1. The van der Waals surface area contributed by atoms with Crippen molar-refractivity contribution in [3.63, 3.8) is 0 Å². The first-order valence-corrected chi connectivity index (χ1v) is 5.11. The van der Waals surface area contributed by atoms with Crippen LogP contribution in [0, 0.1) is 0 Å². The van der Waals surface area contributed by atoms with E-state index < -0.39 is 0 Å². The highest BCUT2D eigenvalue weighted by molar-refractivity contribution is 5.97. The number of hydrogen-bond acceptors (Lipinski definition) is 3. The second kappa shape index (κ2) is 5.39. The zero-order valence-electron chi connectivity index (χ0n) is 10.0. The van der Waals surface area contributed by atoms with Crippen LogP contribution in [0.4, 0.5) is 0 Å². The summed E-state index contributed by atoms with van der Waals surface area (Å²) in [5.41, 5.74) is 0.511. The lowest BCUT2D eigenvalue weighted by Crippen LogP contribution is -2.30. The summed E-state index contributed by atoms with van der Waals surface area (Å²) in [5, 5.41) is 2.81. The third kappa shape index (κ3) is 2.89. The number of benzene rings is 1. The molecule has 0 heterocycles. The number of methoxy groups -OCH3 is 2. The van der Waals surface area contributed by atoms with Gasteiger partial charge in [-0.05, 0) is 26.0 Å². The fourth-order valence-electron chi connectivity index (χ4n) is 1.33. The van der Waals surface area contributed by atoms with E-state index in [-0.39, 0.29) is 11.9 Å². The summed E-state index contributed by atoms with van der Waals surface area (Å²) in [4.78, 5) is 11.8. The molecular weight excluding hydrogens is 206 g/mol. The summed E-state index contributed by atoms with van der Waals surface area (Å²) < 4.78 is 10.2. The number of amides is 1. The largest absolute Gasteiger partial charge is 0.497 e. The van der Waals surface area contributed by atoms with Gasteiger partial charge >= 0.3 is 0 Å². The molecule has 0 aliphatic carbocycles. The van der Waals surface area contributed by atoms with Gasteiger partial charge in [0.1, 0.15) is 11.5 Å². The van der Waals surface area contributed by atoms with Gasteiger partial charge in [0.2, 0.25) is 0 Å². The summed E-state index contributed by atoms with van der Waals surface area (Å²) in [7, 11) is 3.10. The zero-order valence-corrected chi connectivity index (χ0v) is 10.0. The van der Waals surface area contributed by atoms with E-state index in [1.54, 1.807) is 25.3 Å². The molecule has 0 spiro atoms. The highest BCUT2D eigenvalue weighted by Crippen LogP contribution is 2.24. The van der Waals surface area contributed by atoms with Crippen LogP contribution in [0.2, 0.25) is 0 Å². The van der Waals surface area contributed by atoms with Crippen molar-refractivity contribution in [1.29, 1.82) is 0 Å². The molecular formula is C12H17NO3. The smallest absolute Gasteiger partial charge is 0.255 e. The summed E-state index contributed by atoms with van der Waals surface area (Å²) in [5.74, 6) is 1.03. The first-order chi connectivity index (χ1) is 7.58. The highest BCUT2D eigenvalue weighted by Gasteiger charge is 2.13. The predicted molar refractivity (Wildman–Crippen MR) is 62.1 cm³/mol. The van der Waals surface area contributed by atoms with E-state index in [9.17, 15) is 4.79 Å². The van der Waals surface area contributed by atoms with Crippen molar-refractivity contribution in [2.75, 3.05) is 14.2 Å². The molecule has 0 bridgehead atoms. The summed E-state index contributed by atoms with van der Waals surface area (Å²) in [6.45, 7) is 3.82. The Bertz CT molecular complexity index is 375. The topological polar surface area (TPSA) is 47.6 Å². The van der Waals surface area contributed by atoms with Crippen molar-refractivity contribution in [2.24, 2.45) is 0 Å². The summed E-state index contributed by atoms with van der Waals surface area (Å²) >= 11 is 0. The molecule has 0 fully saturated rings. The van der Waals surface area contributed by atoms with Crippen LogP contribution in [-0.2, 0) is 0 Å². The van der Waals surface area contributed by atoms with Gasteiger partial charge in [-0.3, -0.25) is 4.79 Å². The van der Waals surface area contributed by atoms with Crippen LogP contribution in [0.3, 0.4) is 0 Å². The molecule has 0 saturated heterocycles. The fourth-order valence-corrected chi connectivity index (χ4v) is 1.33. The molecule has 0 saturated carbocycles. The maximum Gasteiger partial charge on any atom is 0.255 e. The maximum atomic E-state index is 11.8. The molecule has 1 aromatic carbocycles. The van der Waals surface area contributed by atoms with Gasteiger partial charge in [0.05, 0.1) is 19.8 Å². The summed E-state index contributed by atoms with van der Waals surface area (Å²) in [6.07, 6.45) is 0. The lowest BCUT2D eigenvalue weighted by atomic mass is 10.1. The average Bonchev–Trinajstić information content (AvgIpc) is 2.27. The van der Waals surface area contributed by atoms with Gasteiger partial charge in [-0.2, -0.15) is 0 Å². The van der Waals surface area contributed by atoms with Crippen molar-refractivity contribution in [3.05, 3.63) is 23.8 Å². The number of hydrogen-bond donors (Lipinski definition) is 1. The van der Waals surface area contributed by atoms with E-state index >= 15 is 0 Å². The van der Waals surface area contributed by atoms with E-state index in [1.807, 2.05) is 13.8 Å². The van der Waals surface area contributed by atoms with Crippen molar-refractivity contribution in [3.8, 4) is 11.5 Å². The molecule has 0 aliphatic rings. The van der Waals surface area contributed by atoms with E-state index in [4.69, 9.17) is 9.47 Å². The molecule has 0 unspecified atom stereocenters. The van der Waals surface area contributed by atoms with Crippen LogP contribution in [-0.4, -0.2) is 26.2 Å². The van der Waals surface area contributed by atoms with E-state index in [2.05, 4.69) is 5.32 Å². The quantitative estimate of drug-likeness (QED) is 0.847. The van der Waals surface area contributed by atoms with E-state index in [0.717, 1.165) is 0 Å².